The van der Waals surface area contributed by atoms with Gasteiger partial charge in [0, 0.05) is 23.6 Å². The second-order valence-electron chi connectivity index (χ2n) is 4.52. The van der Waals surface area contributed by atoms with Crippen LogP contribution in [-0.4, -0.2) is 29.9 Å². The van der Waals surface area contributed by atoms with Gasteiger partial charge in [0.25, 0.3) is 0 Å². The number of benzene rings is 1. The molecule has 0 atom stereocenters. The first-order valence-corrected chi connectivity index (χ1v) is 6.72. The average molecular weight is 297 g/mol. The zero-order valence-corrected chi connectivity index (χ0v) is 11.3. The van der Waals surface area contributed by atoms with E-state index in [1.54, 1.807) is 0 Å². The lowest BCUT2D eigenvalue weighted by Crippen LogP contribution is -2.43. The van der Waals surface area contributed by atoms with Crippen LogP contribution in [0.3, 0.4) is 0 Å². The summed E-state index contributed by atoms with van der Waals surface area (Å²) >= 11 is 3.41. The minimum atomic E-state index is 0.204. The first kappa shape index (κ1) is 12.6. The predicted octanol–water partition coefficient (Wildman–Crippen LogP) is 1.94. The van der Waals surface area contributed by atoms with Crippen LogP contribution >= 0.6 is 15.9 Å². The van der Waals surface area contributed by atoms with Crippen molar-refractivity contribution in [1.82, 2.24) is 4.90 Å². The fraction of sp³-hybridized carbons (Fsp3) is 0.462. The highest BCUT2D eigenvalue weighted by atomic mass is 79.9. The van der Waals surface area contributed by atoms with E-state index >= 15 is 0 Å². The van der Waals surface area contributed by atoms with Gasteiger partial charge in [-0.3, -0.25) is 4.79 Å². The van der Waals surface area contributed by atoms with Gasteiger partial charge in [-0.05, 0) is 30.5 Å². The van der Waals surface area contributed by atoms with Crippen LogP contribution in [0, 0.1) is 0 Å². The van der Waals surface area contributed by atoms with E-state index < -0.39 is 0 Å². The van der Waals surface area contributed by atoms with Crippen molar-refractivity contribution < 1.29 is 4.79 Å². The van der Waals surface area contributed by atoms with E-state index in [0.717, 1.165) is 36.0 Å². The Kier molecular flexibility index (Phi) is 4.18. The Bertz CT molecular complexity index is 400. The number of rotatable bonds is 2. The van der Waals surface area contributed by atoms with Gasteiger partial charge < -0.3 is 10.6 Å². The molecule has 0 saturated carbocycles. The van der Waals surface area contributed by atoms with E-state index in [0.29, 0.717) is 6.42 Å². The number of halogens is 1. The molecule has 1 amide bonds. The predicted molar refractivity (Wildman–Crippen MR) is 71.6 cm³/mol. The highest BCUT2D eigenvalue weighted by Crippen LogP contribution is 2.14. The Balaban J connectivity index is 1.93. The Labute approximate surface area is 110 Å². The van der Waals surface area contributed by atoms with Gasteiger partial charge in [0.15, 0.2) is 0 Å². The maximum absolute atomic E-state index is 12.1. The molecule has 17 heavy (non-hydrogen) atoms. The lowest BCUT2D eigenvalue weighted by Gasteiger charge is -2.30. The highest BCUT2D eigenvalue weighted by molar-refractivity contribution is 9.10. The summed E-state index contributed by atoms with van der Waals surface area (Å²) in [5, 5.41) is 0. The zero-order chi connectivity index (χ0) is 12.3. The minimum absolute atomic E-state index is 0.204. The normalized spacial score (nSPS) is 17.2. The molecule has 4 heteroatoms. The van der Waals surface area contributed by atoms with Crippen LogP contribution in [0.1, 0.15) is 18.4 Å². The number of hydrogen-bond donors (Lipinski definition) is 1. The molecule has 2 rings (SSSR count). The van der Waals surface area contributed by atoms with Gasteiger partial charge in [-0.25, -0.2) is 0 Å². The Morgan fingerprint density at radius 1 is 1.41 bits per heavy atom. The molecule has 1 aliphatic heterocycles. The Hall–Kier alpha value is -0.870. The third-order valence-electron chi connectivity index (χ3n) is 3.14. The minimum Gasteiger partial charge on any atom is -0.342 e. The van der Waals surface area contributed by atoms with Crippen LogP contribution in [0.25, 0.3) is 0 Å². The highest BCUT2D eigenvalue weighted by Gasteiger charge is 2.20. The van der Waals surface area contributed by atoms with Crippen LogP contribution < -0.4 is 5.73 Å². The van der Waals surface area contributed by atoms with Crippen molar-refractivity contribution in [2.24, 2.45) is 5.73 Å². The van der Waals surface area contributed by atoms with E-state index in [4.69, 9.17) is 5.73 Å². The first-order chi connectivity index (χ1) is 8.15. The summed E-state index contributed by atoms with van der Waals surface area (Å²) in [5.74, 6) is 0.204. The second kappa shape index (κ2) is 5.65. The van der Waals surface area contributed by atoms with Crippen molar-refractivity contribution >= 4 is 21.8 Å². The van der Waals surface area contributed by atoms with E-state index in [2.05, 4.69) is 15.9 Å². The molecular weight excluding hydrogens is 280 g/mol. The zero-order valence-electron chi connectivity index (χ0n) is 9.73. The van der Waals surface area contributed by atoms with Gasteiger partial charge in [0.1, 0.15) is 0 Å². The molecule has 0 bridgehead atoms. The third kappa shape index (κ3) is 3.54. The van der Waals surface area contributed by atoms with E-state index in [1.807, 2.05) is 29.2 Å². The smallest absolute Gasteiger partial charge is 0.226 e. The number of amides is 1. The van der Waals surface area contributed by atoms with E-state index in [9.17, 15) is 4.79 Å². The van der Waals surface area contributed by atoms with Crippen molar-refractivity contribution in [2.45, 2.75) is 25.3 Å². The molecule has 0 radical (unpaired) electrons. The van der Waals surface area contributed by atoms with Crippen LogP contribution in [0.2, 0.25) is 0 Å². The lowest BCUT2D eigenvalue weighted by molar-refractivity contribution is -0.131. The van der Waals surface area contributed by atoms with Gasteiger partial charge in [-0.2, -0.15) is 0 Å². The maximum atomic E-state index is 12.1. The quantitative estimate of drug-likeness (QED) is 0.907. The summed E-state index contributed by atoms with van der Waals surface area (Å²) in [6.07, 6.45) is 2.32. The number of hydrogen-bond acceptors (Lipinski definition) is 2. The first-order valence-electron chi connectivity index (χ1n) is 5.93. The number of piperidine rings is 1. The standard InChI is InChI=1S/C13H17BrN2O/c14-11-3-1-2-10(8-11)9-13(17)16-6-4-12(15)5-7-16/h1-3,8,12H,4-7,9,15H2. The Morgan fingerprint density at radius 3 is 2.76 bits per heavy atom. The maximum Gasteiger partial charge on any atom is 0.226 e. The number of likely N-dealkylation sites (tertiary alicyclic amines) is 1. The molecule has 1 aromatic rings. The summed E-state index contributed by atoms with van der Waals surface area (Å²) in [6.45, 7) is 1.60. The average Bonchev–Trinajstić information content (AvgIpc) is 2.29. The molecular formula is C13H17BrN2O. The number of carbonyl (C=O) groups is 1. The molecule has 0 spiro atoms. The van der Waals surface area contributed by atoms with E-state index in [-0.39, 0.29) is 11.9 Å². The molecule has 0 aromatic heterocycles. The Morgan fingerprint density at radius 2 is 2.12 bits per heavy atom. The lowest BCUT2D eigenvalue weighted by atomic mass is 10.0. The SMILES string of the molecule is NC1CCN(C(=O)Cc2cccc(Br)c2)CC1. The molecule has 3 nitrogen and oxygen atoms in total. The van der Waals surface area contributed by atoms with Crippen molar-refractivity contribution in [3.8, 4) is 0 Å². The van der Waals surface area contributed by atoms with Crippen molar-refractivity contribution in [3.63, 3.8) is 0 Å². The molecule has 1 aliphatic rings. The van der Waals surface area contributed by atoms with Gasteiger partial charge >= 0.3 is 0 Å². The van der Waals surface area contributed by atoms with Gasteiger partial charge in [0.2, 0.25) is 5.91 Å². The van der Waals surface area contributed by atoms with Crippen LogP contribution in [0.15, 0.2) is 28.7 Å². The molecule has 92 valence electrons. The van der Waals surface area contributed by atoms with Gasteiger partial charge in [-0.1, -0.05) is 28.1 Å². The van der Waals surface area contributed by atoms with Crippen LogP contribution in [-0.2, 0) is 11.2 Å². The molecule has 1 fully saturated rings. The van der Waals surface area contributed by atoms with Gasteiger partial charge in [0.05, 0.1) is 6.42 Å². The molecule has 2 N–H and O–H groups in total. The summed E-state index contributed by atoms with van der Waals surface area (Å²) in [5.41, 5.74) is 6.88. The van der Waals surface area contributed by atoms with Gasteiger partial charge in [-0.15, -0.1) is 0 Å². The summed E-state index contributed by atoms with van der Waals surface area (Å²) in [7, 11) is 0. The monoisotopic (exact) mass is 296 g/mol. The molecule has 1 saturated heterocycles. The van der Waals surface area contributed by atoms with Crippen molar-refractivity contribution in [3.05, 3.63) is 34.3 Å². The van der Waals surface area contributed by atoms with Crippen LogP contribution in [0.4, 0.5) is 0 Å². The fourth-order valence-electron chi connectivity index (χ4n) is 2.08. The van der Waals surface area contributed by atoms with E-state index in [1.165, 1.54) is 0 Å². The topological polar surface area (TPSA) is 46.3 Å². The molecule has 1 aromatic carbocycles. The summed E-state index contributed by atoms with van der Waals surface area (Å²) in [4.78, 5) is 14.0. The summed E-state index contributed by atoms with van der Waals surface area (Å²) < 4.78 is 1.02. The molecule has 1 heterocycles. The number of carbonyl (C=O) groups excluding carboxylic acids is 1. The molecule has 0 unspecified atom stereocenters. The van der Waals surface area contributed by atoms with Crippen molar-refractivity contribution in [1.29, 1.82) is 0 Å². The molecule has 0 aliphatic carbocycles. The second-order valence-corrected chi connectivity index (χ2v) is 5.44. The van der Waals surface area contributed by atoms with Crippen molar-refractivity contribution in [2.75, 3.05) is 13.1 Å². The summed E-state index contributed by atoms with van der Waals surface area (Å²) in [6, 6.07) is 8.17. The number of nitrogens with two attached hydrogens (primary N) is 1. The third-order valence-corrected chi connectivity index (χ3v) is 3.63. The fourth-order valence-corrected chi connectivity index (χ4v) is 2.53. The largest absolute Gasteiger partial charge is 0.342 e. The number of nitrogens with zero attached hydrogens (tertiary/aromatic N) is 1. The van der Waals surface area contributed by atoms with Crippen LogP contribution in [0.5, 0.6) is 0 Å².